The van der Waals surface area contributed by atoms with Crippen LogP contribution in [0.2, 0.25) is 0 Å². The van der Waals surface area contributed by atoms with Gasteiger partial charge in [0.05, 0.1) is 17.4 Å². The van der Waals surface area contributed by atoms with Crippen LogP contribution in [-0.2, 0) is 6.18 Å². The first-order valence-electron chi connectivity index (χ1n) is 6.97. The van der Waals surface area contributed by atoms with Gasteiger partial charge in [0.1, 0.15) is 5.69 Å². The van der Waals surface area contributed by atoms with E-state index in [1.54, 1.807) is 12.1 Å². The van der Waals surface area contributed by atoms with E-state index in [2.05, 4.69) is 15.6 Å². The van der Waals surface area contributed by atoms with Gasteiger partial charge in [-0.1, -0.05) is 0 Å². The van der Waals surface area contributed by atoms with E-state index in [4.69, 9.17) is 0 Å². The number of amides is 1. The van der Waals surface area contributed by atoms with E-state index in [1.807, 2.05) is 13.8 Å². The maximum absolute atomic E-state index is 12.5. The van der Waals surface area contributed by atoms with Gasteiger partial charge in [-0.25, -0.2) is 4.98 Å². The topological polar surface area (TPSA) is 54.0 Å². The molecule has 0 spiro atoms. The maximum atomic E-state index is 12.5. The lowest BCUT2D eigenvalue weighted by Gasteiger charge is -2.10. The van der Waals surface area contributed by atoms with Gasteiger partial charge in [-0.2, -0.15) is 13.2 Å². The molecule has 0 bridgehead atoms. The van der Waals surface area contributed by atoms with Crippen LogP contribution in [0.5, 0.6) is 0 Å². The molecule has 0 fully saturated rings. The predicted molar refractivity (Wildman–Crippen MR) is 82.4 cm³/mol. The second-order valence-corrected chi connectivity index (χ2v) is 5.26. The van der Waals surface area contributed by atoms with Gasteiger partial charge < -0.3 is 10.6 Å². The number of hydrogen-bond acceptors (Lipinski definition) is 3. The second-order valence-electron chi connectivity index (χ2n) is 5.26. The summed E-state index contributed by atoms with van der Waals surface area (Å²) in [5, 5.41) is 5.65. The minimum atomic E-state index is -4.40. The number of aromatic nitrogens is 1. The van der Waals surface area contributed by atoms with Gasteiger partial charge in [0, 0.05) is 11.7 Å². The van der Waals surface area contributed by atoms with Gasteiger partial charge in [-0.15, -0.1) is 0 Å². The molecule has 0 aliphatic heterocycles. The van der Waals surface area contributed by atoms with Crippen LogP contribution in [0.1, 0.15) is 29.9 Å². The molecule has 0 atom stereocenters. The van der Waals surface area contributed by atoms with Crippen molar-refractivity contribution in [3.8, 4) is 0 Å². The van der Waals surface area contributed by atoms with E-state index in [-0.39, 0.29) is 17.4 Å². The fraction of sp³-hybridized carbons (Fsp3) is 0.250. The number of hydrogen-bond donors (Lipinski definition) is 2. The second kappa shape index (κ2) is 6.68. The van der Waals surface area contributed by atoms with Crippen LogP contribution in [0.3, 0.4) is 0 Å². The van der Waals surface area contributed by atoms with Gasteiger partial charge in [0.2, 0.25) is 0 Å². The zero-order chi connectivity index (χ0) is 17.0. The molecule has 7 heteroatoms. The fourth-order valence-corrected chi connectivity index (χ4v) is 1.88. The number of pyridine rings is 1. The van der Waals surface area contributed by atoms with E-state index in [0.29, 0.717) is 0 Å². The molecule has 0 radical (unpaired) electrons. The fourth-order valence-electron chi connectivity index (χ4n) is 1.88. The average Bonchev–Trinajstić information content (AvgIpc) is 2.47. The van der Waals surface area contributed by atoms with Crippen LogP contribution >= 0.6 is 0 Å². The lowest BCUT2D eigenvalue weighted by molar-refractivity contribution is -0.137. The molecule has 0 saturated heterocycles. The molecular formula is C16H16F3N3O. The number of anilines is 2. The van der Waals surface area contributed by atoms with Crippen molar-refractivity contribution >= 4 is 17.3 Å². The summed E-state index contributed by atoms with van der Waals surface area (Å²) in [4.78, 5) is 16.0. The Labute approximate surface area is 131 Å². The van der Waals surface area contributed by atoms with Gasteiger partial charge in [0.25, 0.3) is 5.91 Å². The maximum Gasteiger partial charge on any atom is 0.416 e. The van der Waals surface area contributed by atoms with Crippen LogP contribution in [0.4, 0.5) is 24.5 Å². The number of rotatable bonds is 4. The van der Waals surface area contributed by atoms with E-state index in [9.17, 15) is 18.0 Å². The highest BCUT2D eigenvalue weighted by Gasteiger charge is 2.30. The van der Waals surface area contributed by atoms with Crippen molar-refractivity contribution in [3.63, 3.8) is 0 Å². The molecule has 0 saturated carbocycles. The Balaban J connectivity index is 2.04. The summed E-state index contributed by atoms with van der Waals surface area (Å²) in [6.45, 7) is 3.95. The zero-order valence-corrected chi connectivity index (χ0v) is 12.6. The molecule has 2 rings (SSSR count). The highest BCUT2D eigenvalue weighted by molar-refractivity contribution is 6.02. The lowest BCUT2D eigenvalue weighted by Crippen LogP contribution is -2.15. The van der Waals surface area contributed by atoms with Crippen LogP contribution in [0.25, 0.3) is 0 Å². The smallest absolute Gasteiger partial charge is 0.382 e. The first kappa shape index (κ1) is 16.8. The molecule has 4 nitrogen and oxygen atoms in total. The molecule has 0 aliphatic rings. The van der Waals surface area contributed by atoms with Crippen molar-refractivity contribution in [2.75, 3.05) is 10.6 Å². The first-order valence-corrected chi connectivity index (χ1v) is 6.97. The zero-order valence-electron chi connectivity index (χ0n) is 12.6. The number of nitrogens with zero attached hydrogens (tertiary/aromatic N) is 1. The summed E-state index contributed by atoms with van der Waals surface area (Å²) in [5.41, 5.74) is 0.470. The first-order chi connectivity index (χ1) is 10.8. The van der Waals surface area contributed by atoms with Crippen molar-refractivity contribution in [1.82, 2.24) is 4.98 Å². The van der Waals surface area contributed by atoms with E-state index >= 15 is 0 Å². The van der Waals surface area contributed by atoms with Crippen molar-refractivity contribution < 1.29 is 18.0 Å². The number of alkyl halides is 3. The average molecular weight is 323 g/mol. The van der Waals surface area contributed by atoms with Crippen molar-refractivity contribution in [2.45, 2.75) is 26.1 Å². The Kier molecular flexibility index (Phi) is 4.88. The van der Waals surface area contributed by atoms with E-state index in [1.165, 1.54) is 18.3 Å². The van der Waals surface area contributed by atoms with Crippen LogP contribution in [-0.4, -0.2) is 16.9 Å². The van der Waals surface area contributed by atoms with Gasteiger partial charge >= 0.3 is 6.18 Å². The molecule has 2 aromatic rings. The quantitative estimate of drug-likeness (QED) is 0.888. The third-order valence-corrected chi connectivity index (χ3v) is 2.92. The third kappa shape index (κ3) is 4.70. The molecule has 0 aliphatic carbocycles. The predicted octanol–water partition coefficient (Wildman–Crippen LogP) is 4.17. The lowest BCUT2D eigenvalue weighted by atomic mass is 10.2. The number of benzene rings is 1. The molecule has 1 heterocycles. The molecule has 1 aromatic heterocycles. The Hall–Kier alpha value is -2.57. The number of nitrogens with one attached hydrogen (secondary N) is 2. The minimum absolute atomic E-state index is 0.180. The molecule has 122 valence electrons. The third-order valence-electron chi connectivity index (χ3n) is 2.92. The van der Waals surface area contributed by atoms with Gasteiger partial charge in [-0.05, 0) is 50.2 Å². The summed E-state index contributed by atoms with van der Waals surface area (Å²) in [5.74, 6) is -0.485. The summed E-state index contributed by atoms with van der Waals surface area (Å²) in [6, 6.07) is 7.74. The normalized spacial score (nSPS) is 11.4. The van der Waals surface area contributed by atoms with Crippen molar-refractivity contribution in [3.05, 3.63) is 53.9 Å². The Morgan fingerprint density at radius 3 is 2.13 bits per heavy atom. The van der Waals surface area contributed by atoms with Gasteiger partial charge in [-0.3, -0.25) is 4.79 Å². The summed E-state index contributed by atoms with van der Waals surface area (Å²) in [7, 11) is 0. The van der Waals surface area contributed by atoms with Crippen LogP contribution in [0, 0.1) is 0 Å². The van der Waals surface area contributed by atoms with Crippen LogP contribution in [0.15, 0.2) is 42.6 Å². The number of halogens is 3. The summed E-state index contributed by atoms with van der Waals surface area (Å²) < 4.78 is 37.4. The number of carbonyl (C=O) groups is 1. The molecule has 0 unspecified atom stereocenters. The minimum Gasteiger partial charge on any atom is -0.382 e. The Bertz CT molecular complexity index is 664. The SMILES string of the molecule is CC(C)Nc1ccc(C(=O)Nc2ccc(C(F)(F)F)cc2)nc1. The largest absolute Gasteiger partial charge is 0.416 e. The molecule has 2 N–H and O–H groups in total. The molecule has 1 amide bonds. The Morgan fingerprint density at radius 1 is 1.04 bits per heavy atom. The van der Waals surface area contributed by atoms with Gasteiger partial charge in [0.15, 0.2) is 0 Å². The van der Waals surface area contributed by atoms with Crippen molar-refractivity contribution in [1.29, 1.82) is 0 Å². The van der Waals surface area contributed by atoms with E-state index < -0.39 is 17.6 Å². The highest BCUT2D eigenvalue weighted by Crippen LogP contribution is 2.29. The summed E-state index contributed by atoms with van der Waals surface area (Å²) >= 11 is 0. The molecule has 1 aromatic carbocycles. The highest BCUT2D eigenvalue weighted by atomic mass is 19.4. The standard InChI is InChI=1S/C16H16F3N3O/c1-10(2)21-13-7-8-14(20-9-13)15(23)22-12-5-3-11(4-6-12)16(17,18)19/h3-10,21H,1-2H3,(H,22,23). The molecule has 23 heavy (non-hydrogen) atoms. The molecular weight excluding hydrogens is 307 g/mol. The monoisotopic (exact) mass is 323 g/mol. The summed E-state index contributed by atoms with van der Waals surface area (Å²) in [6.07, 6.45) is -2.87. The van der Waals surface area contributed by atoms with Crippen LogP contribution < -0.4 is 10.6 Å². The number of carbonyl (C=O) groups excluding carboxylic acids is 1. The van der Waals surface area contributed by atoms with Crippen molar-refractivity contribution in [2.24, 2.45) is 0 Å². The van der Waals surface area contributed by atoms with E-state index in [0.717, 1.165) is 17.8 Å². The Morgan fingerprint density at radius 2 is 1.65 bits per heavy atom.